The van der Waals surface area contributed by atoms with Crippen molar-refractivity contribution in [3.63, 3.8) is 0 Å². The largest absolute Gasteiger partial charge is 0.343 e. The van der Waals surface area contributed by atoms with Crippen LogP contribution in [0, 0.1) is 6.92 Å². The van der Waals surface area contributed by atoms with Crippen LogP contribution in [-0.4, -0.2) is 20.7 Å². The van der Waals surface area contributed by atoms with Gasteiger partial charge in [0.05, 0.1) is 16.7 Å². The maximum atomic E-state index is 12.2. The minimum atomic E-state index is -0.107. The Labute approximate surface area is 116 Å². The summed E-state index contributed by atoms with van der Waals surface area (Å²) in [5.74, 6) is -0.107. The molecule has 6 heteroatoms. The Kier molecular flexibility index (Phi) is 4.31. The van der Waals surface area contributed by atoms with Gasteiger partial charge in [-0.1, -0.05) is 6.92 Å². The quantitative estimate of drug-likeness (QED) is 0.914. The first kappa shape index (κ1) is 13.7. The smallest absolute Gasteiger partial charge is 0.270 e. The van der Waals surface area contributed by atoms with E-state index in [-0.39, 0.29) is 11.9 Å². The van der Waals surface area contributed by atoms with Crippen molar-refractivity contribution in [1.82, 2.24) is 20.1 Å². The fourth-order valence-electron chi connectivity index (χ4n) is 1.84. The molecule has 1 N–H and O–H groups in total. The molecule has 0 aliphatic carbocycles. The third kappa shape index (κ3) is 3.20. The van der Waals surface area contributed by atoms with Crippen molar-refractivity contribution < 1.29 is 4.79 Å². The van der Waals surface area contributed by atoms with Crippen LogP contribution in [0.5, 0.6) is 0 Å². The van der Waals surface area contributed by atoms with Gasteiger partial charge in [0.25, 0.3) is 5.91 Å². The van der Waals surface area contributed by atoms with Gasteiger partial charge in [0, 0.05) is 18.1 Å². The van der Waals surface area contributed by atoms with Crippen LogP contribution in [0.4, 0.5) is 0 Å². The van der Waals surface area contributed by atoms with Gasteiger partial charge in [-0.05, 0) is 26.3 Å². The van der Waals surface area contributed by atoms with Gasteiger partial charge < -0.3 is 5.32 Å². The molecule has 0 fully saturated rings. The van der Waals surface area contributed by atoms with Gasteiger partial charge in [0.1, 0.15) is 5.69 Å². The topological polar surface area (TPSA) is 59.8 Å². The van der Waals surface area contributed by atoms with Crippen molar-refractivity contribution in [2.75, 3.05) is 0 Å². The molecule has 0 aliphatic rings. The number of carbonyl (C=O) groups excluding carboxylic acids is 1. The number of aromatic nitrogens is 3. The van der Waals surface area contributed by atoms with Crippen molar-refractivity contribution in [3.05, 3.63) is 34.0 Å². The molecule has 1 atom stereocenters. The molecule has 102 valence electrons. The lowest BCUT2D eigenvalue weighted by molar-refractivity contribution is 0.0928. The van der Waals surface area contributed by atoms with Gasteiger partial charge >= 0.3 is 0 Å². The van der Waals surface area contributed by atoms with Crippen LogP contribution >= 0.6 is 11.3 Å². The second-order valence-electron chi connectivity index (χ2n) is 4.43. The number of amides is 1. The molecule has 5 nitrogen and oxygen atoms in total. The minimum absolute atomic E-state index is 0.0950. The molecule has 0 aromatic carbocycles. The highest BCUT2D eigenvalue weighted by atomic mass is 32.1. The molecule has 0 unspecified atom stereocenters. The third-order valence-corrected chi connectivity index (χ3v) is 3.60. The summed E-state index contributed by atoms with van der Waals surface area (Å²) in [4.78, 5) is 16.6. The van der Waals surface area contributed by atoms with E-state index in [1.165, 1.54) is 0 Å². The number of nitrogens with zero attached hydrogens (tertiary/aromatic N) is 3. The third-order valence-electron chi connectivity index (χ3n) is 2.81. The van der Waals surface area contributed by atoms with Gasteiger partial charge in [-0.2, -0.15) is 5.10 Å². The maximum absolute atomic E-state index is 12.2. The second-order valence-corrected chi connectivity index (χ2v) is 5.49. The summed E-state index contributed by atoms with van der Waals surface area (Å²) >= 11 is 1.59. The number of nitrogens with one attached hydrogen (secondary N) is 1. The van der Waals surface area contributed by atoms with Crippen LogP contribution in [0.1, 0.15) is 47.5 Å². The molecule has 2 heterocycles. The standard InChI is InChI=1S/C13H18N4OS/c1-4-7-17-12(5-6-14-17)13(18)15-9(2)11-8-19-10(3)16-11/h5-6,8-9H,4,7H2,1-3H3,(H,15,18)/t9-/m1/s1. The number of hydrogen-bond donors (Lipinski definition) is 1. The Hall–Kier alpha value is -1.69. The van der Waals surface area contributed by atoms with E-state index in [0.717, 1.165) is 23.7 Å². The van der Waals surface area contributed by atoms with E-state index in [9.17, 15) is 4.79 Å². The lowest BCUT2D eigenvalue weighted by Crippen LogP contribution is -2.29. The number of hydrogen-bond acceptors (Lipinski definition) is 4. The fraction of sp³-hybridized carbons (Fsp3) is 0.462. The zero-order valence-electron chi connectivity index (χ0n) is 11.4. The zero-order chi connectivity index (χ0) is 13.8. The highest BCUT2D eigenvalue weighted by Crippen LogP contribution is 2.16. The average molecular weight is 278 g/mol. The Morgan fingerprint density at radius 3 is 3.00 bits per heavy atom. The molecule has 2 rings (SSSR count). The Morgan fingerprint density at radius 2 is 2.37 bits per heavy atom. The van der Waals surface area contributed by atoms with E-state index in [0.29, 0.717) is 5.69 Å². The van der Waals surface area contributed by atoms with Gasteiger partial charge in [0.15, 0.2) is 0 Å². The van der Waals surface area contributed by atoms with Crippen molar-refractivity contribution in [3.8, 4) is 0 Å². The number of thiazole rings is 1. The molecular weight excluding hydrogens is 260 g/mol. The van der Waals surface area contributed by atoms with Gasteiger partial charge in [-0.25, -0.2) is 4.98 Å². The SMILES string of the molecule is CCCn1nccc1C(=O)N[C@H](C)c1csc(C)n1. The van der Waals surface area contributed by atoms with Crippen LogP contribution in [-0.2, 0) is 6.54 Å². The lowest BCUT2D eigenvalue weighted by atomic mass is 10.2. The van der Waals surface area contributed by atoms with Crippen LogP contribution in [0.2, 0.25) is 0 Å². The second kappa shape index (κ2) is 5.97. The molecule has 0 spiro atoms. The van der Waals surface area contributed by atoms with E-state index in [4.69, 9.17) is 0 Å². The molecule has 0 aliphatic heterocycles. The fourth-order valence-corrected chi connectivity index (χ4v) is 2.55. The molecule has 0 radical (unpaired) electrons. The Morgan fingerprint density at radius 1 is 1.58 bits per heavy atom. The number of rotatable bonds is 5. The molecule has 1 amide bonds. The van der Waals surface area contributed by atoms with Crippen LogP contribution in [0.3, 0.4) is 0 Å². The van der Waals surface area contributed by atoms with Crippen LogP contribution in [0.15, 0.2) is 17.6 Å². The Balaban J connectivity index is 2.06. The molecule has 19 heavy (non-hydrogen) atoms. The molecule has 0 saturated heterocycles. The average Bonchev–Trinajstić information content (AvgIpc) is 2.98. The van der Waals surface area contributed by atoms with E-state index in [1.807, 2.05) is 19.2 Å². The van der Waals surface area contributed by atoms with Crippen molar-refractivity contribution in [2.24, 2.45) is 0 Å². The van der Waals surface area contributed by atoms with Gasteiger partial charge in [-0.3, -0.25) is 9.48 Å². The van der Waals surface area contributed by atoms with Crippen molar-refractivity contribution in [1.29, 1.82) is 0 Å². The maximum Gasteiger partial charge on any atom is 0.270 e. The summed E-state index contributed by atoms with van der Waals surface area (Å²) in [6.07, 6.45) is 2.60. The summed E-state index contributed by atoms with van der Waals surface area (Å²) < 4.78 is 1.73. The normalized spacial score (nSPS) is 12.4. The van der Waals surface area contributed by atoms with E-state index in [2.05, 4.69) is 22.3 Å². The molecule has 2 aromatic rings. The summed E-state index contributed by atoms with van der Waals surface area (Å²) in [5.41, 5.74) is 1.50. The van der Waals surface area contributed by atoms with Crippen LogP contribution in [0.25, 0.3) is 0 Å². The van der Waals surface area contributed by atoms with E-state index in [1.54, 1.807) is 28.3 Å². The van der Waals surface area contributed by atoms with Crippen LogP contribution < -0.4 is 5.32 Å². The molecule has 2 aromatic heterocycles. The first-order chi connectivity index (χ1) is 9.11. The highest BCUT2D eigenvalue weighted by Gasteiger charge is 2.16. The summed E-state index contributed by atoms with van der Waals surface area (Å²) in [6.45, 7) is 6.70. The lowest BCUT2D eigenvalue weighted by Gasteiger charge is -2.12. The minimum Gasteiger partial charge on any atom is -0.343 e. The van der Waals surface area contributed by atoms with E-state index < -0.39 is 0 Å². The zero-order valence-corrected chi connectivity index (χ0v) is 12.2. The highest BCUT2D eigenvalue weighted by molar-refractivity contribution is 7.09. The first-order valence-corrected chi connectivity index (χ1v) is 7.24. The number of aryl methyl sites for hydroxylation is 2. The summed E-state index contributed by atoms with van der Waals surface area (Å²) in [5, 5.41) is 10.1. The predicted octanol–water partition coefficient (Wildman–Crippen LogP) is 2.55. The predicted molar refractivity (Wildman–Crippen MR) is 75.3 cm³/mol. The summed E-state index contributed by atoms with van der Waals surface area (Å²) in [7, 11) is 0. The molecular formula is C13H18N4OS. The monoisotopic (exact) mass is 278 g/mol. The first-order valence-electron chi connectivity index (χ1n) is 6.36. The van der Waals surface area contributed by atoms with Crippen molar-refractivity contribution in [2.45, 2.75) is 39.8 Å². The summed E-state index contributed by atoms with van der Waals surface area (Å²) in [6, 6.07) is 1.65. The van der Waals surface area contributed by atoms with Gasteiger partial charge in [0.2, 0.25) is 0 Å². The molecule has 0 bridgehead atoms. The number of carbonyl (C=O) groups is 1. The molecule has 0 saturated carbocycles. The van der Waals surface area contributed by atoms with Gasteiger partial charge in [-0.15, -0.1) is 11.3 Å². The van der Waals surface area contributed by atoms with E-state index >= 15 is 0 Å². The Bertz CT molecular complexity index is 560. The van der Waals surface area contributed by atoms with Crippen molar-refractivity contribution >= 4 is 17.2 Å².